The first-order valence-electron chi connectivity index (χ1n) is 4.53. The average Bonchev–Trinajstić information content (AvgIpc) is 2.70. The molecular weight excluding hydrogens is 195 g/mol. The number of aliphatic hydroxyl groups excluding tert-OH is 1. The van der Waals surface area contributed by atoms with Crippen molar-refractivity contribution in [1.29, 1.82) is 0 Å². The van der Waals surface area contributed by atoms with Gasteiger partial charge < -0.3 is 5.11 Å². The van der Waals surface area contributed by atoms with Crippen molar-refractivity contribution in [3.63, 3.8) is 0 Å². The molecule has 0 spiro atoms. The molecule has 0 aliphatic rings. The second-order valence-corrected chi connectivity index (χ2v) is 3.05. The van der Waals surface area contributed by atoms with Gasteiger partial charge in [0.05, 0.1) is 12.1 Å². The van der Waals surface area contributed by atoms with Crippen molar-refractivity contribution in [2.45, 2.75) is 6.36 Å². The van der Waals surface area contributed by atoms with E-state index in [1.807, 2.05) is 6.07 Å². The molecule has 2 aromatic rings. The number of alkyl halides is 1. The molecule has 3 nitrogen and oxygen atoms in total. The van der Waals surface area contributed by atoms with Crippen LogP contribution in [0.2, 0.25) is 0 Å². The van der Waals surface area contributed by atoms with Crippen molar-refractivity contribution in [3.8, 4) is 5.69 Å². The maximum Gasteiger partial charge on any atom is 0.204 e. The van der Waals surface area contributed by atoms with E-state index in [9.17, 15) is 4.39 Å². The van der Waals surface area contributed by atoms with Gasteiger partial charge in [0.15, 0.2) is 0 Å². The summed E-state index contributed by atoms with van der Waals surface area (Å²) in [5.41, 5.74) is 1.34. The van der Waals surface area contributed by atoms with Gasteiger partial charge in [0.25, 0.3) is 0 Å². The van der Waals surface area contributed by atoms with Crippen LogP contribution >= 0.6 is 0 Å². The summed E-state index contributed by atoms with van der Waals surface area (Å²) in [7, 11) is 0. The zero-order chi connectivity index (χ0) is 10.7. The number of nitrogens with zero attached hydrogens (tertiary/aromatic N) is 2. The van der Waals surface area contributed by atoms with E-state index in [0.717, 1.165) is 12.1 Å². The van der Waals surface area contributed by atoms with E-state index < -0.39 is 6.36 Å². The maximum absolute atomic E-state index is 12.5. The van der Waals surface area contributed by atoms with E-state index in [4.69, 9.17) is 5.11 Å². The third-order valence-corrected chi connectivity index (χ3v) is 2.01. The van der Waals surface area contributed by atoms with E-state index in [0.29, 0.717) is 5.56 Å². The Morgan fingerprint density at radius 1 is 1.33 bits per heavy atom. The molecule has 0 fully saturated rings. The number of para-hydroxylation sites is 1. The number of benzene rings is 1. The molecule has 1 atom stereocenters. The van der Waals surface area contributed by atoms with Crippen LogP contribution in [-0.2, 0) is 0 Å². The predicted octanol–water partition coefficient (Wildman–Crippen LogP) is 1.71. The summed E-state index contributed by atoms with van der Waals surface area (Å²) in [5, 5.41) is 12.7. The number of aromatic nitrogens is 2. The van der Waals surface area contributed by atoms with Gasteiger partial charge in [0.1, 0.15) is 0 Å². The van der Waals surface area contributed by atoms with Gasteiger partial charge in [0.2, 0.25) is 6.36 Å². The maximum atomic E-state index is 12.5. The van der Waals surface area contributed by atoms with Gasteiger partial charge in [-0.1, -0.05) is 18.2 Å². The Hall–Kier alpha value is -1.68. The molecule has 0 saturated carbocycles. The quantitative estimate of drug-likeness (QED) is 0.828. The van der Waals surface area contributed by atoms with E-state index in [2.05, 4.69) is 5.10 Å². The van der Waals surface area contributed by atoms with Crippen molar-refractivity contribution in [3.05, 3.63) is 54.7 Å². The van der Waals surface area contributed by atoms with Crippen LogP contribution < -0.4 is 0 Å². The monoisotopic (exact) mass is 205 g/mol. The normalized spacial score (nSPS) is 12.7. The van der Waals surface area contributed by atoms with Crippen LogP contribution in [0.1, 0.15) is 5.56 Å². The molecular formula is C11H10FN2O. The van der Waals surface area contributed by atoms with Crippen molar-refractivity contribution < 1.29 is 9.50 Å². The minimum atomic E-state index is -1.96. The summed E-state index contributed by atoms with van der Waals surface area (Å²) in [6.07, 6.45) is 2.58. The fourth-order valence-corrected chi connectivity index (χ4v) is 1.40. The fraction of sp³-hybridized carbons (Fsp3) is 0.0909. The van der Waals surface area contributed by atoms with Gasteiger partial charge >= 0.3 is 0 Å². The molecule has 1 aromatic carbocycles. The molecule has 0 amide bonds. The Balaban J connectivity index is 2.38. The van der Waals surface area contributed by atoms with Gasteiger partial charge in [0, 0.05) is 12.4 Å². The first kappa shape index (κ1) is 9.86. The number of hydrogen-bond donors (Lipinski definition) is 1. The molecule has 2 rings (SSSR count). The Kier molecular flexibility index (Phi) is 2.78. The van der Waals surface area contributed by atoms with Gasteiger partial charge in [-0.3, -0.25) is 0 Å². The first-order chi connectivity index (χ1) is 7.27. The standard InChI is InChI=1S/C11H10FN2O/c12-11(15)8-9-4-1-2-5-10(9)14-7-3-6-13-14/h1-8,11,15H. The zero-order valence-electron chi connectivity index (χ0n) is 7.92. The van der Waals surface area contributed by atoms with Crippen LogP contribution in [0, 0.1) is 6.42 Å². The molecule has 0 aliphatic carbocycles. The summed E-state index contributed by atoms with van der Waals surface area (Å²) >= 11 is 0. The average molecular weight is 205 g/mol. The number of hydrogen-bond acceptors (Lipinski definition) is 2. The highest BCUT2D eigenvalue weighted by Crippen LogP contribution is 2.16. The van der Waals surface area contributed by atoms with E-state index in [1.165, 1.54) is 0 Å². The third kappa shape index (κ3) is 2.22. The summed E-state index contributed by atoms with van der Waals surface area (Å²) < 4.78 is 14.1. The molecule has 15 heavy (non-hydrogen) atoms. The highest BCUT2D eigenvalue weighted by Gasteiger charge is 2.08. The highest BCUT2D eigenvalue weighted by molar-refractivity contribution is 5.44. The molecule has 77 valence electrons. The summed E-state index contributed by atoms with van der Waals surface area (Å²) in [6.45, 7) is 0. The van der Waals surface area contributed by atoms with Gasteiger partial charge in [-0.25, -0.2) is 9.07 Å². The van der Waals surface area contributed by atoms with Crippen LogP contribution in [0.15, 0.2) is 42.7 Å². The Morgan fingerprint density at radius 3 is 2.80 bits per heavy atom. The van der Waals surface area contributed by atoms with Crippen LogP contribution in [0.4, 0.5) is 4.39 Å². The van der Waals surface area contributed by atoms with E-state index in [1.54, 1.807) is 41.3 Å². The molecule has 0 saturated heterocycles. The molecule has 4 heteroatoms. The van der Waals surface area contributed by atoms with Crippen LogP contribution in [0.3, 0.4) is 0 Å². The van der Waals surface area contributed by atoms with Gasteiger partial charge in [-0.05, 0) is 17.7 Å². The largest absolute Gasteiger partial charge is 0.364 e. The number of rotatable bonds is 3. The summed E-state index contributed by atoms with van der Waals surface area (Å²) in [6, 6.07) is 8.92. The lowest BCUT2D eigenvalue weighted by Crippen LogP contribution is -2.05. The Bertz CT molecular complexity index is 426. The van der Waals surface area contributed by atoms with E-state index in [-0.39, 0.29) is 0 Å². The minimum absolute atomic E-state index is 0.608. The van der Waals surface area contributed by atoms with Crippen molar-refractivity contribution in [1.82, 2.24) is 9.78 Å². The third-order valence-electron chi connectivity index (χ3n) is 2.01. The van der Waals surface area contributed by atoms with Crippen LogP contribution in [0.25, 0.3) is 5.69 Å². The van der Waals surface area contributed by atoms with Crippen molar-refractivity contribution in [2.24, 2.45) is 0 Å². The summed E-state index contributed by atoms with van der Waals surface area (Å²) in [5.74, 6) is 0. The molecule has 0 aliphatic heterocycles. The van der Waals surface area contributed by atoms with Crippen LogP contribution in [0.5, 0.6) is 0 Å². The first-order valence-corrected chi connectivity index (χ1v) is 4.53. The molecule has 0 bridgehead atoms. The van der Waals surface area contributed by atoms with Crippen molar-refractivity contribution >= 4 is 0 Å². The lowest BCUT2D eigenvalue weighted by atomic mass is 10.1. The van der Waals surface area contributed by atoms with Crippen LogP contribution in [-0.4, -0.2) is 21.2 Å². The fourth-order valence-electron chi connectivity index (χ4n) is 1.40. The molecule has 1 unspecified atom stereocenters. The Labute approximate surface area is 86.8 Å². The number of halogens is 1. The smallest absolute Gasteiger partial charge is 0.204 e. The van der Waals surface area contributed by atoms with E-state index >= 15 is 0 Å². The predicted molar refractivity (Wildman–Crippen MR) is 54.1 cm³/mol. The minimum Gasteiger partial charge on any atom is -0.364 e. The highest BCUT2D eigenvalue weighted by atomic mass is 19.1. The second-order valence-electron chi connectivity index (χ2n) is 3.05. The second kappa shape index (κ2) is 4.23. The number of aliphatic hydroxyl groups is 1. The molecule has 1 N–H and O–H groups in total. The van der Waals surface area contributed by atoms with Gasteiger partial charge in [-0.15, -0.1) is 0 Å². The lowest BCUT2D eigenvalue weighted by molar-refractivity contribution is 0.0759. The Morgan fingerprint density at radius 2 is 2.13 bits per heavy atom. The van der Waals surface area contributed by atoms with Crippen molar-refractivity contribution in [2.75, 3.05) is 0 Å². The molecule has 1 heterocycles. The molecule has 1 aromatic heterocycles. The van der Waals surface area contributed by atoms with Gasteiger partial charge in [-0.2, -0.15) is 5.10 Å². The lowest BCUT2D eigenvalue weighted by Gasteiger charge is -2.08. The topological polar surface area (TPSA) is 38.0 Å². The zero-order valence-corrected chi connectivity index (χ0v) is 7.92. The molecule has 1 radical (unpaired) electrons. The summed E-state index contributed by atoms with van der Waals surface area (Å²) in [4.78, 5) is 0. The SMILES string of the molecule is OC(F)[CH]c1ccccc1-n1cccn1.